The molecule has 6 heteroatoms. The summed E-state index contributed by atoms with van der Waals surface area (Å²) in [6, 6.07) is 3.59. The molecule has 2 rings (SSSR count). The lowest BCUT2D eigenvalue weighted by Gasteiger charge is -2.05. The highest BCUT2D eigenvalue weighted by atomic mass is 35.5. The molecule has 0 atom stereocenters. The van der Waals surface area contributed by atoms with Crippen LogP contribution in [0.15, 0.2) is 33.8 Å². The van der Waals surface area contributed by atoms with Gasteiger partial charge in [0.1, 0.15) is 10.9 Å². The van der Waals surface area contributed by atoms with E-state index in [0.717, 1.165) is 5.76 Å². The average Bonchev–Trinajstić information content (AvgIpc) is 2.74. The Morgan fingerprint density at radius 1 is 1.62 bits per heavy atom. The van der Waals surface area contributed by atoms with Gasteiger partial charge in [0, 0.05) is 13.2 Å². The van der Waals surface area contributed by atoms with Crippen LogP contribution < -0.4 is 10.9 Å². The fourth-order valence-electron chi connectivity index (χ4n) is 1.27. The van der Waals surface area contributed by atoms with E-state index in [1.165, 1.54) is 10.8 Å². The molecule has 0 amide bonds. The van der Waals surface area contributed by atoms with Gasteiger partial charge in [-0.1, -0.05) is 11.6 Å². The quantitative estimate of drug-likeness (QED) is 0.885. The maximum atomic E-state index is 11.6. The van der Waals surface area contributed by atoms with Gasteiger partial charge < -0.3 is 14.3 Å². The molecule has 1 N–H and O–H groups in total. The van der Waals surface area contributed by atoms with E-state index in [9.17, 15) is 4.79 Å². The third-order valence-electron chi connectivity index (χ3n) is 2.05. The lowest BCUT2D eigenvalue weighted by molar-refractivity contribution is 0.517. The molecule has 0 fully saturated rings. The van der Waals surface area contributed by atoms with Crippen LogP contribution in [-0.2, 0) is 13.6 Å². The highest BCUT2D eigenvalue weighted by Gasteiger charge is 2.05. The van der Waals surface area contributed by atoms with E-state index in [-0.39, 0.29) is 16.5 Å². The summed E-state index contributed by atoms with van der Waals surface area (Å²) < 4.78 is 6.50. The smallest absolute Gasteiger partial charge is 0.293 e. The molecule has 0 aliphatic rings. The van der Waals surface area contributed by atoms with Crippen LogP contribution in [0.4, 0.5) is 5.82 Å². The molecule has 16 heavy (non-hydrogen) atoms. The first-order chi connectivity index (χ1) is 7.66. The Balaban J connectivity index is 2.18. The molecular weight excluding hydrogens is 230 g/mol. The van der Waals surface area contributed by atoms with Gasteiger partial charge in [-0.25, -0.2) is 4.98 Å². The monoisotopic (exact) mass is 239 g/mol. The Morgan fingerprint density at radius 2 is 2.44 bits per heavy atom. The van der Waals surface area contributed by atoms with Crippen LogP contribution in [0.1, 0.15) is 5.76 Å². The van der Waals surface area contributed by atoms with Crippen molar-refractivity contribution in [3.63, 3.8) is 0 Å². The van der Waals surface area contributed by atoms with E-state index in [2.05, 4.69) is 10.3 Å². The Morgan fingerprint density at radius 3 is 3.12 bits per heavy atom. The fraction of sp³-hybridized carbons (Fsp3) is 0.200. The van der Waals surface area contributed by atoms with Crippen molar-refractivity contribution in [2.75, 3.05) is 5.32 Å². The van der Waals surface area contributed by atoms with Crippen molar-refractivity contribution in [1.82, 2.24) is 9.55 Å². The summed E-state index contributed by atoms with van der Waals surface area (Å²) >= 11 is 5.75. The number of halogens is 1. The number of rotatable bonds is 3. The number of nitrogens with one attached hydrogen (secondary N) is 1. The van der Waals surface area contributed by atoms with Gasteiger partial charge in [-0.05, 0) is 12.1 Å². The lowest BCUT2D eigenvalue weighted by atomic mass is 10.4. The molecule has 84 valence electrons. The standard InChI is InChI=1S/C10H10ClN3O2/c1-14-6-8(11)13-9(10(14)15)12-5-7-3-2-4-16-7/h2-4,6H,5H2,1H3,(H,12,13). The molecule has 5 nitrogen and oxygen atoms in total. The van der Waals surface area contributed by atoms with Gasteiger partial charge in [0.15, 0.2) is 5.82 Å². The van der Waals surface area contributed by atoms with Crippen molar-refractivity contribution in [2.24, 2.45) is 7.05 Å². The molecule has 0 unspecified atom stereocenters. The number of furan rings is 1. The normalized spacial score (nSPS) is 10.4. The first kappa shape index (κ1) is 10.8. The molecule has 0 radical (unpaired) electrons. The molecule has 0 saturated carbocycles. The summed E-state index contributed by atoms with van der Waals surface area (Å²) in [5.74, 6) is 0.940. The number of aryl methyl sites for hydroxylation is 1. The van der Waals surface area contributed by atoms with Crippen molar-refractivity contribution >= 4 is 17.4 Å². The molecule has 0 aliphatic heterocycles. The third kappa shape index (κ3) is 2.25. The van der Waals surface area contributed by atoms with Crippen LogP contribution in [0.5, 0.6) is 0 Å². The number of aromatic nitrogens is 2. The molecule has 2 aromatic heterocycles. The van der Waals surface area contributed by atoms with Crippen molar-refractivity contribution < 1.29 is 4.42 Å². The summed E-state index contributed by atoms with van der Waals surface area (Å²) in [5.41, 5.74) is -0.226. The maximum absolute atomic E-state index is 11.6. The summed E-state index contributed by atoms with van der Waals surface area (Å²) in [7, 11) is 1.62. The maximum Gasteiger partial charge on any atom is 0.293 e. The van der Waals surface area contributed by atoms with Gasteiger partial charge in [-0.15, -0.1) is 0 Å². The second-order valence-electron chi connectivity index (χ2n) is 3.26. The van der Waals surface area contributed by atoms with Gasteiger partial charge in [-0.2, -0.15) is 0 Å². The summed E-state index contributed by atoms with van der Waals surface area (Å²) in [6.07, 6.45) is 3.03. The van der Waals surface area contributed by atoms with Gasteiger partial charge in [0.05, 0.1) is 12.8 Å². The predicted octanol–water partition coefficient (Wildman–Crippen LogP) is 1.64. The lowest BCUT2D eigenvalue weighted by Crippen LogP contribution is -2.22. The topological polar surface area (TPSA) is 60.1 Å². The molecule has 0 spiro atoms. The SMILES string of the molecule is Cn1cc(Cl)nc(NCc2ccco2)c1=O. The number of hydrogen-bond acceptors (Lipinski definition) is 4. The minimum atomic E-state index is -0.226. The molecule has 0 bridgehead atoms. The molecule has 0 saturated heterocycles. The summed E-state index contributed by atoms with van der Waals surface area (Å²) in [4.78, 5) is 15.5. The Bertz CT molecular complexity index is 533. The van der Waals surface area contributed by atoms with Gasteiger partial charge >= 0.3 is 0 Å². The summed E-state index contributed by atoms with van der Waals surface area (Å²) in [5, 5.41) is 3.14. The first-order valence-electron chi connectivity index (χ1n) is 4.66. The Labute approximate surface area is 96.7 Å². The molecule has 0 aromatic carbocycles. The van der Waals surface area contributed by atoms with Gasteiger partial charge in [0.25, 0.3) is 5.56 Å². The minimum absolute atomic E-state index is 0.214. The predicted molar refractivity (Wildman–Crippen MR) is 60.5 cm³/mol. The van der Waals surface area contributed by atoms with Crippen LogP contribution in [0.3, 0.4) is 0 Å². The van der Waals surface area contributed by atoms with Crippen LogP contribution in [0, 0.1) is 0 Å². The average molecular weight is 240 g/mol. The molecule has 0 aliphatic carbocycles. The van der Waals surface area contributed by atoms with Crippen LogP contribution in [0.2, 0.25) is 5.15 Å². The molecule has 2 heterocycles. The van der Waals surface area contributed by atoms with E-state index in [1.807, 2.05) is 6.07 Å². The largest absolute Gasteiger partial charge is 0.467 e. The van der Waals surface area contributed by atoms with E-state index < -0.39 is 0 Å². The molecule has 2 aromatic rings. The Hall–Kier alpha value is -1.75. The van der Waals surface area contributed by atoms with E-state index in [1.54, 1.807) is 19.4 Å². The minimum Gasteiger partial charge on any atom is -0.467 e. The van der Waals surface area contributed by atoms with Crippen LogP contribution >= 0.6 is 11.6 Å². The zero-order valence-electron chi connectivity index (χ0n) is 8.61. The zero-order valence-corrected chi connectivity index (χ0v) is 9.36. The second kappa shape index (κ2) is 4.40. The fourth-order valence-corrected chi connectivity index (χ4v) is 1.50. The van der Waals surface area contributed by atoms with Gasteiger partial charge in [0.2, 0.25) is 0 Å². The zero-order chi connectivity index (χ0) is 11.5. The third-order valence-corrected chi connectivity index (χ3v) is 2.23. The molecular formula is C10H10ClN3O2. The van der Waals surface area contributed by atoms with E-state index >= 15 is 0 Å². The van der Waals surface area contributed by atoms with Gasteiger partial charge in [-0.3, -0.25) is 4.79 Å². The Kier molecular flexibility index (Phi) is 2.96. The number of anilines is 1. The highest BCUT2D eigenvalue weighted by Crippen LogP contribution is 2.06. The summed E-state index contributed by atoms with van der Waals surface area (Å²) in [6.45, 7) is 0.398. The number of nitrogens with zero attached hydrogens (tertiary/aromatic N) is 2. The van der Waals surface area contributed by atoms with E-state index in [4.69, 9.17) is 16.0 Å². The van der Waals surface area contributed by atoms with Crippen molar-refractivity contribution in [3.05, 3.63) is 45.9 Å². The van der Waals surface area contributed by atoms with Crippen molar-refractivity contribution in [2.45, 2.75) is 6.54 Å². The number of hydrogen-bond donors (Lipinski definition) is 1. The van der Waals surface area contributed by atoms with Crippen LogP contribution in [-0.4, -0.2) is 9.55 Å². The van der Waals surface area contributed by atoms with Crippen molar-refractivity contribution in [3.8, 4) is 0 Å². The van der Waals surface area contributed by atoms with Crippen molar-refractivity contribution in [1.29, 1.82) is 0 Å². The highest BCUT2D eigenvalue weighted by molar-refractivity contribution is 6.29. The van der Waals surface area contributed by atoms with E-state index in [0.29, 0.717) is 6.54 Å². The second-order valence-corrected chi connectivity index (χ2v) is 3.65. The first-order valence-corrected chi connectivity index (χ1v) is 5.04. The van der Waals surface area contributed by atoms with Crippen LogP contribution in [0.25, 0.3) is 0 Å².